The Morgan fingerprint density at radius 2 is 1.13 bits per heavy atom. The molecular weight excluding hydrogens is 697 g/mol. The Balaban J connectivity index is 1.71. The summed E-state index contributed by atoms with van der Waals surface area (Å²) in [5.74, 6) is -0.680. The monoisotopic (exact) mass is 740 g/mol. The van der Waals surface area contributed by atoms with E-state index in [0.29, 0.717) is 26.9 Å². The number of hydrogen-bond donors (Lipinski definition) is 0. The molecule has 0 saturated heterocycles. The predicted octanol–water partition coefficient (Wildman–Crippen LogP) is 12.4. The summed E-state index contributed by atoms with van der Waals surface area (Å²) in [6, 6.07) is 8.97. The first-order chi connectivity index (χ1) is 21.2. The largest absolute Gasteiger partial charge is 0.462 e. The number of carbonyl (C=O) groups excluding carboxylic acids is 2. The van der Waals surface area contributed by atoms with Crippen LogP contribution in [-0.2, 0) is 9.47 Å². The fraction of sp³-hybridized carbons (Fsp3) is 0.471. The minimum atomic E-state index is -1.03. The van der Waals surface area contributed by atoms with Crippen LogP contribution >= 0.6 is 76.7 Å². The second kappa shape index (κ2) is 13.3. The maximum Gasteiger partial charge on any atom is 0.341 e. The number of rotatable bonds is 11. The molecule has 0 bridgehead atoms. The zero-order valence-corrected chi connectivity index (χ0v) is 33.7. The van der Waals surface area contributed by atoms with Gasteiger partial charge in [0, 0.05) is 27.6 Å². The van der Waals surface area contributed by atoms with Crippen molar-refractivity contribution in [1.29, 1.82) is 0 Å². The normalized spacial score (nSPS) is 13.6. The average molecular weight is 741 g/mol. The van der Waals surface area contributed by atoms with E-state index in [0.717, 1.165) is 28.9 Å². The molecule has 0 N–H and O–H groups in total. The fourth-order valence-corrected chi connectivity index (χ4v) is 21.6. The number of fused-ring (bicyclic) bond motifs is 2. The maximum absolute atomic E-state index is 13.7. The second-order valence-corrected chi connectivity index (χ2v) is 27.2. The summed E-state index contributed by atoms with van der Waals surface area (Å²) in [6.07, 6.45) is 6.83. The van der Waals surface area contributed by atoms with E-state index in [2.05, 4.69) is 84.6 Å². The van der Waals surface area contributed by atoms with E-state index in [-0.39, 0.29) is 25.2 Å². The molecule has 5 heterocycles. The van der Waals surface area contributed by atoms with Crippen LogP contribution < -0.4 is 0 Å². The first-order valence-electron chi connectivity index (χ1n) is 15.2. The van der Waals surface area contributed by atoms with E-state index in [4.69, 9.17) is 9.47 Å². The Hall–Kier alpha value is -1.34. The molecule has 0 amide bonds. The molecule has 0 radical (unpaired) electrons. The standard InChI is InChI=1S/C34H44O4S7/c1-12-37-33(35)27-29(21-14-15-25(40-21)44(9,10)11)42-32-28(34(36)38-13-2)30(43-31(27)32)24-16-22-23(39-24)17-26(41-22)45(18(3)4,19(5)6)20(7)8/h14-20H,12-13H2,1-11H3. The number of hydrogen-bond acceptors (Lipinski definition) is 9. The van der Waals surface area contributed by atoms with Gasteiger partial charge < -0.3 is 9.47 Å². The maximum atomic E-state index is 13.7. The zero-order chi connectivity index (χ0) is 33.0. The topological polar surface area (TPSA) is 52.6 Å². The first kappa shape index (κ1) is 35.0. The highest BCUT2D eigenvalue weighted by Gasteiger charge is 2.38. The zero-order valence-electron chi connectivity index (χ0n) is 27.9. The van der Waals surface area contributed by atoms with Gasteiger partial charge in [-0.1, -0.05) is 41.5 Å². The smallest absolute Gasteiger partial charge is 0.341 e. The summed E-state index contributed by atoms with van der Waals surface area (Å²) in [5.41, 5.74) is 1.13. The summed E-state index contributed by atoms with van der Waals surface area (Å²) in [5, 5.41) is 1.76. The van der Waals surface area contributed by atoms with E-state index in [1.54, 1.807) is 22.7 Å². The molecule has 45 heavy (non-hydrogen) atoms. The summed E-state index contributed by atoms with van der Waals surface area (Å²) in [4.78, 5) is 31.1. The molecule has 0 aromatic carbocycles. The van der Waals surface area contributed by atoms with Crippen LogP contribution in [0.15, 0.2) is 32.7 Å². The lowest BCUT2D eigenvalue weighted by Crippen LogP contribution is -2.28. The van der Waals surface area contributed by atoms with Gasteiger partial charge in [-0.15, -0.1) is 56.7 Å². The van der Waals surface area contributed by atoms with Gasteiger partial charge in [0.1, 0.15) is 0 Å². The van der Waals surface area contributed by atoms with Crippen molar-refractivity contribution < 1.29 is 19.1 Å². The second-order valence-electron chi connectivity index (χ2n) is 12.5. The van der Waals surface area contributed by atoms with Crippen molar-refractivity contribution in [2.24, 2.45) is 0 Å². The van der Waals surface area contributed by atoms with Gasteiger partial charge in [0.05, 0.1) is 43.5 Å². The molecule has 0 spiro atoms. The molecule has 246 valence electrons. The molecule has 0 aliphatic heterocycles. The van der Waals surface area contributed by atoms with Crippen molar-refractivity contribution >= 4 is 107 Å². The van der Waals surface area contributed by atoms with Crippen molar-refractivity contribution in [3.05, 3.63) is 35.4 Å². The molecular formula is C34H44O4S7. The molecule has 0 aliphatic carbocycles. The Kier molecular flexibility index (Phi) is 10.3. The van der Waals surface area contributed by atoms with Crippen LogP contribution in [0.1, 0.15) is 76.1 Å². The molecule has 0 aliphatic rings. The number of carbonyl (C=O) groups is 2. The van der Waals surface area contributed by atoms with Gasteiger partial charge in [-0.25, -0.2) is 19.6 Å². The Morgan fingerprint density at radius 3 is 1.56 bits per heavy atom. The molecule has 0 unspecified atom stereocenters. The van der Waals surface area contributed by atoms with Gasteiger partial charge in [0.15, 0.2) is 0 Å². The van der Waals surface area contributed by atoms with Crippen LogP contribution in [0.2, 0.25) is 0 Å². The SMILES string of the molecule is CCOC(=O)c1c(-c2ccc(S(C)(C)C)s2)sc2c(C(=O)OCC)c(-c3cc4sc(S(C(C)C)(C(C)C)C(C)C)cc4s3)sc12. The van der Waals surface area contributed by atoms with E-state index in [9.17, 15) is 9.59 Å². The summed E-state index contributed by atoms with van der Waals surface area (Å²) in [7, 11) is -1.94. The van der Waals surface area contributed by atoms with Gasteiger partial charge >= 0.3 is 11.9 Å². The van der Waals surface area contributed by atoms with Crippen LogP contribution in [0, 0.1) is 0 Å². The molecule has 0 atom stereocenters. The van der Waals surface area contributed by atoms with E-state index >= 15 is 0 Å². The molecule has 5 rings (SSSR count). The molecule has 0 saturated carbocycles. The van der Waals surface area contributed by atoms with Crippen LogP contribution in [0.25, 0.3) is 38.3 Å². The predicted molar refractivity (Wildman–Crippen MR) is 209 cm³/mol. The van der Waals surface area contributed by atoms with Gasteiger partial charge in [-0.05, 0) is 72.6 Å². The van der Waals surface area contributed by atoms with E-state index < -0.39 is 20.1 Å². The van der Waals surface area contributed by atoms with Crippen molar-refractivity contribution in [1.82, 2.24) is 0 Å². The van der Waals surface area contributed by atoms with Crippen LogP contribution in [-0.4, -0.2) is 59.7 Å². The van der Waals surface area contributed by atoms with Crippen molar-refractivity contribution in [2.75, 3.05) is 32.0 Å². The van der Waals surface area contributed by atoms with Crippen LogP contribution in [0.5, 0.6) is 0 Å². The van der Waals surface area contributed by atoms with E-state index in [1.165, 1.54) is 40.5 Å². The highest BCUT2D eigenvalue weighted by Crippen LogP contribution is 2.69. The third-order valence-electron chi connectivity index (χ3n) is 7.99. The number of thiophene rings is 5. The fourth-order valence-electron chi connectivity index (χ4n) is 6.26. The number of esters is 2. The molecule has 4 nitrogen and oxygen atoms in total. The van der Waals surface area contributed by atoms with Crippen LogP contribution in [0.3, 0.4) is 0 Å². The molecule has 5 aromatic rings. The molecule has 11 heteroatoms. The van der Waals surface area contributed by atoms with Crippen molar-refractivity contribution in [2.45, 2.75) is 79.6 Å². The third kappa shape index (κ3) is 6.08. The first-order valence-corrected chi connectivity index (χ1v) is 24.0. The lowest BCUT2D eigenvalue weighted by molar-refractivity contribution is 0.0519. The minimum absolute atomic E-state index is 0.286. The van der Waals surface area contributed by atoms with Gasteiger partial charge in [-0.2, -0.15) is 10.0 Å². The van der Waals surface area contributed by atoms with Gasteiger partial charge in [0.25, 0.3) is 0 Å². The van der Waals surface area contributed by atoms with E-state index in [1.807, 2.05) is 25.2 Å². The van der Waals surface area contributed by atoms with Crippen molar-refractivity contribution in [3.63, 3.8) is 0 Å². The lowest BCUT2D eigenvalue weighted by atomic mass is 10.2. The molecule has 5 aromatic heterocycles. The summed E-state index contributed by atoms with van der Waals surface area (Å²) in [6.45, 7) is 18.5. The highest BCUT2D eigenvalue weighted by atomic mass is 32.3. The minimum Gasteiger partial charge on any atom is -0.462 e. The Morgan fingerprint density at radius 1 is 0.644 bits per heavy atom. The highest BCUT2D eigenvalue weighted by molar-refractivity contribution is 8.36. The Labute approximate surface area is 290 Å². The quantitative estimate of drug-likeness (QED) is 0.127. The summed E-state index contributed by atoms with van der Waals surface area (Å²) < 4.78 is 18.2. The average Bonchev–Trinajstić information content (AvgIpc) is 3.72. The Bertz CT molecular complexity index is 1800. The van der Waals surface area contributed by atoms with Crippen LogP contribution in [0.4, 0.5) is 0 Å². The summed E-state index contributed by atoms with van der Waals surface area (Å²) >= 11 is 8.44. The van der Waals surface area contributed by atoms with Gasteiger partial charge in [-0.3, -0.25) is 0 Å². The third-order valence-corrected chi connectivity index (χ3v) is 23.6. The lowest BCUT2D eigenvalue weighted by Gasteiger charge is -2.50. The van der Waals surface area contributed by atoms with Gasteiger partial charge in [0.2, 0.25) is 0 Å². The van der Waals surface area contributed by atoms with Crippen molar-refractivity contribution in [3.8, 4) is 19.5 Å². The molecule has 0 fully saturated rings. The number of ether oxygens (including phenoxy) is 2.